The standard InChI is InChI=1S/C26H37Cl2N5O4S/c1-4-29-26(35)33(15-9-8-14-30-38(36,37)24-13-12-20(27)17-23(24)28)18-22(16-19(2)3)32-25(34)31-21-10-6-5-7-11-21/h5-7,10-13,17,19,22,30H,4,8-9,14-16,18H2,1-3H3,(H,29,35)(H2,31,32,34)/t22-/m1/s1. The number of nitrogens with zero attached hydrogens (tertiary/aromatic N) is 1. The summed E-state index contributed by atoms with van der Waals surface area (Å²) >= 11 is 11.9. The summed E-state index contributed by atoms with van der Waals surface area (Å²) in [6.45, 7) is 7.30. The fourth-order valence-electron chi connectivity index (χ4n) is 3.83. The molecule has 0 heterocycles. The number of sulfonamides is 1. The summed E-state index contributed by atoms with van der Waals surface area (Å²) in [4.78, 5) is 27.0. The van der Waals surface area contributed by atoms with E-state index in [2.05, 4.69) is 34.5 Å². The fraction of sp³-hybridized carbons (Fsp3) is 0.462. The third kappa shape index (κ3) is 11.1. The Morgan fingerprint density at radius 2 is 1.74 bits per heavy atom. The number of benzene rings is 2. The Bertz CT molecular complexity index is 1150. The van der Waals surface area contributed by atoms with Crippen LogP contribution in [0.2, 0.25) is 10.0 Å². The van der Waals surface area contributed by atoms with Crippen molar-refractivity contribution >= 4 is 51.0 Å². The second-order valence-electron chi connectivity index (χ2n) is 9.25. The lowest BCUT2D eigenvalue weighted by Gasteiger charge is -2.29. The highest BCUT2D eigenvalue weighted by Crippen LogP contribution is 2.24. The van der Waals surface area contributed by atoms with E-state index in [0.717, 1.165) is 0 Å². The van der Waals surface area contributed by atoms with Crippen molar-refractivity contribution < 1.29 is 18.0 Å². The van der Waals surface area contributed by atoms with E-state index in [4.69, 9.17) is 23.2 Å². The highest BCUT2D eigenvalue weighted by Gasteiger charge is 2.22. The number of unbranched alkanes of at least 4 members (excludes halogenated alkanes) is 1. The van der Waals surface area contributed by atoms with E-state index in [9.17, 15) is 18.0 Å². The zero-order valence-electron chi connectivity index (χ0n) is 22.0. The van der Waals surface area contributed by atoms with E-state index in [1.165, 1.54) is 18.2 Å². The SMILES string of the molecule is CCNC(=O)N(CCCCNS(=O)(=O)c1ccc(Cl)cc1Cl)C[C@@H](CC(C)C)NC(=O)Nc1ccccc1. The van der Waals surface area contributed by atoms with E-state index in [1.54, 1.807) is 17.0 Å². The monoisotopic (exact) mass is 585 g/mol. The van der Waals surface area contributed by atoms with Crippen LogP contribution in [0.3, 0.4) is 0 Å². The van der Waals surface area contributed by atoms with Gasteiger partial charge in [0.2, 0.25) is 10.0 Å². The van der Waals surface area contributed by atoms with Crippen LogP contribution in [0.15, 0.2) is 53.4 Å². The van der Waals surface area contributed by atoms with Gasteiger partial charge in [0.1, 0.15) is 4.90 Å². The predicted molar refractivity (Wildman–Crippen MR) is 153 cm³/mol. The third-order valence-corrected chi connectivity index (χ3v) is 7.69. The number of amides is 4. The van der Waals surface area contributed by atoms with Crippen molar-refractivity contribution in [2.45, 2.75) is 51.0 Å². The van der Waals surface area contributed by atoms with Crippen LogP contribution in [0.5, 0.6) is 0 Å². The molecule has 210 valence electrons. The van der Waals surface area contributed by atoms with Crippen molar-refractivity contribution in [3.63, 3.8) is 0 Å². The fourth-order valence-corrected chi connectivity index (χ4v) is 5.68. The topological polar surface area (TPSA) is 120 Å². The summed E-state index contributed by atoms with van der Waals surface area (Å²) in [6.07, 6.45) is 1.73. The Morgan fingerprint density at radius 1 is 1.03 bits per heavy atom. The highest BCUT2D eigenvalue weighted by atomic mass is 35.5. The molecule has 9 nitrogen and oxygen atoms in total. The van der Waals surface area contributed by atoms with Crippen molar-refractivity contribution in [1.29, 1.82) is 0 Å². The number of rotatable bonds is 14. The summed E-state index contributed by atoms with van der Waals surface area (Å²) in [5.41, 5.74) is 0.677. The van der Waals surface area contributed by atoms with Gasteiger partial charge >= 0.3 is 12.1 Å². The lowest BCUT2D eigenvalue weighted by molar-refractivity contribution is 0.186. The maximum Gasteiger partial charge on any atom is 0.319 e. The van der Waals surface area contributed by atoms with Crippen LogP contribution in [0.25, 0.3) is 0 Å². The van der Waals surface area contributed by atoms with Gasteiger partial charge in [-0.15, -0.1) is 0 Å². The van der Waals surface area contributed by atoms with Crippen molar-refractivity contribution in [1.82, 2.24) is 20.3 Å². The number of hydrogen-bond acceptors (Lipinski definition) is 4. The highest BCUT2D eigenvalue weighted by molar-refractivity contribution is 7.89. The molecule has 0 saturated carbocycles. The Hall–Kier alpha value is -2.53. The quantitative estimate of drug-likeness (QED) is 0.224. The molecule has 0 radical (unpaired) electrons. The molecule has 0 aliphatic heterocycles. The molecule has 0 fully saturated rings. The zero-order valence-corrected chi connectivity index (χ0v) is 24.3. The second-order valence-corrected chi connectivity index (χ2v) is 11.8. The molecule has 0 aromatic heterocycles. The second kappa shape index (κ2) is 15.8. The maximum absolute atomic E-state index is 12.8. The molecule has 2 rings (SSSR count). The molecule has 0 unspecified atom stereocenters. The Kier molecular flexibility index (Phi) is 13.2. The zero-order chi connectivity index (χ0) is 28.1. The molecule has 2 aromatic rings. The molecule has 4 amide bonds. The summed E-state index contributed by atoms with van der Waals surface area (Å²) in [5, 5.41) is 9.02. The number of halogens is 2. The molecule has 38 heavy (non-hydrogen) atoms. The van der Waals surface area contributed by atoms with Gasteiger partial charge in [-0.25, -0.2) is 22.7 Å². The molecule has 0 aliphatic rings. The largest absolute Gasteiger partial charge is 0.338 e. The molecule has 4 N–H and O–H groups in total. The van der Waals surface area contributed by atoms with Gasteiger partial charge in [0.25, 0.3) is 0 Å². The maximum atomic E-state index is 12.8. The number of urea groups is 2. The molecular weight excluding hydrogens is 549 g/mol. The van der Waals surface area contributed by atoms with Crippen LogP contribution in [0.4, 0.5) is 15.3 Å². The van der Waals surface area contributed by atoms with Crippen LogP contribution in [-0.2, 0) is 10.0 Å². The first-order chi connectivity index (χ1) is 18.0. The smallest absolute Gasteiger partial charge is 0.319 e. The molecular formula is C26H37Cl2N5O4S. The average Bonchev–Trinajstić information content (AvgIpc) is 2.83. The van der Waals surface area contributed by atoms with Gasteiger partial charge < -0.3 is 20.9 Å². The van der Waals surface area contributed by atoms with Crippen LogP contribution >= 0.6 is 23.2 Å². The summed E-state index contributed by atoms with van der Waals surface area (Å²) in [7, 11) is -3.79. The minimum Gasteiger partial charge on any atom is -0.338 e. The van der Waals surface area contributed by atoms with Crippen molar-refractivity contribution in [3.8, 4) is 0 Å². The van der Waals surface area contributed by atoms with Crippen LogP contribution in [0, 0.1) is 5.92 Å². The van der Waals surface area contributed by atoms with E-state index in [1.807, 2.05) is 25.1 Å². The van der Waals surface area contributed by atoms with Gasteiger partial charge in [0, 0.05) is 42.9 Å². The first kappa shape index (κ1) is 31.7. The summed E-state index contributed by atoms with van der Waals surface area (Å²) in [6, 6.07) is 12.5. The number of para-hydroxylation sites is 1. The van der Waals surface area contributed by atoms with E-state index in [0.29, 0.717) is 55.5 Å². The lowest BCUT2D eigenvalue weighted by atomic mass is 10.0. The predicted octanol–water partition coefficient (Wildman–Crippen LogP) is 5.32. The van der Waals surface area contributed by atoms with Gasteiger partial charge in [-0.3, -0.25) is 0 Å². The summed E-state index contributed by atoms with van der Waals surface area (Å²) < 4.78 is 27.7. The normalized spacial score (nSPS) is 12.2. The Balaban J connectivity index is 1.95. The average molecular weight is 587 g/mol. The van der Waals surface area contributed by atoms with Gasteiger partial charge in [0.05, 0.1) is 5.02 Å². The minimum atomic E-state index is -3.79. The van der Waals surface area contributed by atoms with Crippen molar-refractivity contribution in [2.75, 3.05) is 31.5 Å². The van der Waals surface area contributed by atoms with E-state index >= 15 is 0 Å². The first-order valence-electron chi connectivity index (χ1n) is 12.6. The van der Waals surface area contributed by atoms with Gasteiger partial charge in [0.15, 0.2) is 0 Å². The summed E-state index contributed by atoms with van der Waals surface area (Å²) in [5.74, 6) is 0.294. The molecule has 12 heteroatoms. The molecule has 0 spiro atoms. The number of carbonyl (C=O) groups is 2. The van der Waals surface area contributed by atoms with E-state index in [-0.39, 0.29) is 34.6 Å². The molecule has 1 atom stereocenters. The molecule has 0 saturated heterocycles. The number of anilines is 1. The molecule has 2 aromatic carbocycles. The number of hydrogen-bond donors (Lipinski definition) is 4. The van der Waals surface area contributed by atoms with Crippen LogP contribution in [-0.4, -0.2) is 57.6 Å². The molecule has 0 aliphatic carbocycles. The Labute approximate surface area is 235 Å². The van der Waals surface area contributed by atoms with Gasteiger partial charge in [-0.05, 0) is 62.4 Å². The van der Waals surface area contributed by atoms with Gasteiger partial charge in [-0.2, -0.15) is 0 Å². The van der Waals surface area contributed by atoms with Crippen LogP contribution in [0.1, 0.15) is 40.0 Å². The van der Waals surface area contributed by atoms with Gasteiger partial charge in [-0.1, -0.05) is 55.2 Å². The van der Waals surface area contributed by atoms with E-state index < -0.39 is 10.0 Å². The number of nitrogens with one attached hydrogen (secondary N) is 4. The van der Waals surface area contributed by atoms with Crippen molar-refractivity contribution in [3.05, 3.63) is 58.6 Å². The van der Waals surface area contributed by atoms with Crippen molar-refractivity contribution in [2.24, 2.45) is 5.92 Å². The lowest BCUT2D eigenvalue weighted by Crippen LogP contribution is -2.50. The third-order valence-electron chi connectivity index (χ3n) is 5.51. The Morgan fingerprint density at radius 3 is 2.37 bits per heavy atom. The van der Waals surface area contributed by atoms with Crippen LogP contribution < -0.4 is 20.7 Å². The first-order valence-corrected chi connectivity index (χ1v) is 14.9. The number of carbonyl (C=O) groups excluding carboxylic acids is 2. The molecule has 0 bridgehead atoms. The minimum absolute atomic E-state index is 0.0381.